The molecule has 0 spiro atoms. The van der Waals surface area contributed by atoms with E-state index in [0.29, 0.717) is 16.1 Å². The number of benzene rings is 1. The third-order valence-corrected chi connectivity index (χ3v) is 5.44. The van der Waals surface area contributed by atoms with Crippen molar-refractivity contribution in [2.75, 3.05) is 6.61 Å². The predicted molar refractivity (Wildman–Crippen MR) is 106 cm³/mol. The van der Waals surface area contributed by atoms with Crippen LogP contribution in [0.15, 0.2) is 36.4 Å². The Morgan fingerprint density at radius 3 is 2.48 bits per heavy atom. The number of Topliss-reactive ketones (excluding diaryl/α,β-unsaturated/α-hetero) is 1. The van der Waals surface area contributed by atoms with Crippen LogP contribution >= 0.6 is 11.3 Å². The number of ketones is 1. The number of aryl methyl sites for hydroxylation is 2. The van der Waals surface area contributed by atoms with Crippen molar-refractivity contribution in [1.82, 2.24) is 9.55 Å². The molecule has 0 saturated carbocycles. The Kier molecular flexibility index (Phi) is 5.56. The summed E-state index contributed by atoms with van der Waals surface area (Å²) in [5, 5.41) is 0.777. The molecule has 0 fully saturated rings. The molecule has 0 unspecified atom stereocenters. The van der Waals surface area contributed by atoms with Crippen LogP contribution < -0.4 is 0 Å². The minimum absolute atomic E-state index is 0.196. The highest BCUT2D eigenvalue weighted by Crippen LogP contribution is 2.28. The highest BCUT2D eigenvalue weighted by Gasteiger charge is 2.22. The molecule has 2 heterocycles. The van der Waals surface area contributed by atoms with Crippen LogP contribution in [0.3, 0.4) is 0 Å². The van der Waals surface area contributed by atoms with Gasteiger partial charge in [-0.1, -0.05) is 30.3 Å². The van der Waals surface area contributed by atoms with Crippen molar-refractivity contribution in [3.8, 4) is 11.3 Å². The summed E-state index contributed by atoms with van der Waals surface area (Å²) in [6.45, 7) is 8.27. The molecule has 0 N–H and O–H groups in total. The molecule has 0 aliphatic carbocycles. The zero-order valence-corrected chi connectivity index (χ0v) is 16.7. The number of carbonyl (C=O) groups excluding carboxylic acids is 2. The first kappa shape index (κ1) is 19.0. The monoisotopic (exact) mass is 382 g/mol. The van der Waals surface area contributed by atoms with Crippen LogP contribution in [-0.4, -0.2) is 27.9 Å². The molecule has 0 aliphatic rings. The standard InChI is InChI=1S/C21H22N2O3S/c1-5-23-13(2)11-17(14(23)3)18(24)12-26-21(25)20-19(22-15(4)27-20)16-9-7-6-8-10-16/h6-11H,5,12H2,1-4H3. The molecule has 6 heteroatoms. The Morgan fingerprint density at radius 2 is 1.85 bits per heavy atom. The van der Waals surface area contributed by atoms with E-state index in [0.717, 1.165) is 28.5 Å². The molecule has 5 nitrogen and oxygen atoms in total. The number of esters is 1. The zero-order valence-electron chi connectivity index (χ0n) is 15.9. The number of aromatic nitrogens is 2. The maximum absolute atomic E-state index is 12.6. The van der Waals surface area contributed by atoms with Crippen molar-refractivity contribution in [3.63, 3.8) is 0 Å². The fraction of sp³-hybridized carbons (Fsp3) is 0.286. The Bertz CT molecular complexity index is 987. The molecule has 0 radical (unpaired) electrons. The van der Waals surface area contributed by atoms with E-state index in [1.165, 1.54) is 11.3 Å². The van der Waals surface area contributed by atoms with Crippen LogP contribution in [-0.2, 0) is 11.3 Å². The van der Waals surface area contributed by atoms with Crippen LogP contribution in [0.4, 0.5) is 0 Å². The van der Waals surface area contributed by atoms with Crippen LogP contribution in [0, 0.1) is 20.8 Å². The molecular weight excluding hydrogens is 360 g/mol. The summed E-state index contributed by atoms with van der Waals surface area (Å²) in [5.41, 5.74) is 3.97. The summed E-state index contributed by atoms with van der Waals surface area (Å²) in [4.78, 5) is 30.0. The van der Waals surface area contributed by atoms with E-state index >= 15 is 0 Å². The van der Waals surface area contributed by atoms with Crippen molar-refractivity contribution in [2.24, 2.45) is 0 Å². The summed E-state index contributed by atoms with van der Waals surface area (Å²) < 4.78 is 7.39. The lowest BCUT2D eigenvalue weighted by molar-refractivity contribution is 0.0480. The average Bonchev–Trinajstić information content (AvgIpc) is 3.19. The van der Waals surface area contributed by atoms with Gasteiger partial charge < -0.3 is 9.30 Å². The fourth-order valence-corrected chi connectivity index (χ4v) is 4.04. The van der Waals surface area contributed by atoms with Crippen molar-refractivity contribution in [3.05, 3.63) is 63.2 Å². The molecule has 0 bridgehead atoms. The molecule has 3 rings (SSSR count). The third-order valence-electron chi connectivity index (χ3n) is 4.49. The molecular formula is C21H22N2O3S. The zero-order chi connectivity index (χ0) is 19.6. The molecule has 0 atom stereocenters. The number of nitrogens with zero attached hydrogens (tertiary/aromatic N) is 2. The molecule has 3 aromatic rings. The quantitative estimate of drug-likeness (QED) is 0.462. The van der Waals surface area contributed by atoms with Gasteiger partial charge in [-0.3, -0.25) is 4.79 Å². The summed E-state index contributed by atoms with van der Waals surface area (Å²) in [7, 11) is 0. The predicted octanol–water partition coefficient (Wildman–Crippen LogP) is 4.60. The van der Waals surface area contributed by atoms with E-state index in [-0.39, 0.29) is 12.4 Å². The summed E-state index contributed by atoms with van der Waals surface area (Å²) in [6.07, 6.45) is 0. The lowest BCUT2D eigenvalue weighted by atomic mass is 10.1. The molecule has 2 aromatic heterocycles. The number of ether oxygens (including phenoxy) is 1. The van der Waals surface area contributed by atoms with Gasteiger partial charge in [-0.2, -0.15) is 0 Å². The van der Waals surface area contributed by atoms with E-state index < -0.39 is 5.97 Å². The lowest BCUT2D eigenvalue weighted by Gasteiger charge is -2.06. The third kappa shape index (κ3) is 3.85. The molecule has 0 aliphatic heterocycles. The van der Waals surface area contributed by atoms with E-state index in [4.69, 9.17) is 4.74 Å². The smallest absolute Gasteiger partial charge is 0.351 e. The van der Waals surface area contributed by atoms with Crippen molar-refractivity contribution >= 4 is 23.1 Å². The van der Waals surface area contributed by atoms with Gasteiger partial charge >= 0.3 is 5.97 Å². The van der Waals surface area contributed by atoms with Crippen LogP contribution in [0.25, 0.3) is 11.3 Å². The summed E-state index contributed by atoms with van der Waals surface area (Å²) >= 11 is 1.28. The summed E-state index contributed by atoms with van der Waals surface area (Å²) in [5.74, 6) is -0.712. The van der Waals surface area contributed by atoms with E-state index in [9.17, 15) is 9.59 Å². The van der Waals surface area contributed by atoms with Gasteiger partial charge in [0.1, 0.15) is 4.88 Å². The number of rotatable bonds is 6. The van der Waals surface area contributed by atoms with Crippen LogP contribution in [0.5, 0.6) is 0 Å². The number of carbonyl (C=O) groups is 2. The van der Waals surface area contributed by atoms with Gasteiger partial charge in [0.25, 0.3) is 0 Å². The van der Waals surface area contributed by atoms with Gasteiger partial charge in [0.15, 0.2) is 6.61 Å². The summed E-state index contributed by atoms with van der Waals surface area (Å²) in [6, 6.07) is 11.3. The van der Waals surface area contributed by atoms with Gasteiger partial charge in [-0.25, -0.2) is 9.78 Å². The topological polar surface area (TPSA) is 61.2 Å². The van der Waals surface area contributed by atoms with E-state index in [1.54, 1.807) is 0 Å². The second-order valence-corrected chi connectivity index (χ2v) is 7.51. The van der Waals surface area contributed by atoms with Crippen LogP contribution in [0.2, 0.25) is 0 Å². The number of hydrogen-bond acceptors (Lipinski definition) is 5. The molecule has 27 heavy (non-hydrogen) atoms. The van der Waals surface area contributed by atoms with Crippen molar-refractivity contribution in [2.45, 2.75) is 34.2 Å². The van der Waals surface area contributed by atoms with Gasteiger partial charge in [0.2, 0.25) is 5.78 Å². The molecule has 0 amide bonds. The van der Waals surface area contributed by atoms with Crippen LogP contribution in [0.1, 0.15) is 43.3 Å². The fourth-order valence-electron chi connectivity index (χ4n) is 3.20. The Hall–Kier alpha value is -2.73. The maximum atomic E-state index is 12.6. The maximum Gasteiger partial charge on any atom is 0.351 e. The minimum Gasteiger partial charge on any atom is -0.453 e. The van der Waals surface area contributed by atoms with Crippen molar-refractivity contribution < 1.29 is 14.3 Å². The SMILES string of the molecule is CCn1c(C)cc(C(=O)COC(=O)c2sc(C)nc2-c2ccccc2)c1C. The second-order valence-electron chi connectivity index (χ2n) is 6.31. The highest BCUT2D eigenvalue weighted by atomic mass is 32.1. The average molecular weight is 382 g/mol. The minimum atomic E-state index is -0.517. The number of hydrogen-bond donors (Lipinski definition) is 0. The largest absolute Gasteiger partial charge is 0.453 e. The lowest BCUT2D eigenvalue weighted by Crippen LogP contribution is -2.15. The van der Waals surface area contributed by atoms with Crippen molar-refractivity contribution in [1.29, 1.82) is 0 Å². The molecule has 1 aromatic carbocycles. The van der Waals surface area contributed by atoms with Gasteiger partial charge in [0, 0.05) is 29.1 Å². The molecule has 0 saturated heterocycles. The van der Waals surface area contributed by atoms with Gasteiger partial charge in [-0.15, -0.1) is 11.3 Å². The Morgan fingerprint density at radius 1 is 1.15 bits per heavy atom. The van der Waals surface area contributed by atoms with Gasteiger partial charge in [0.05, 0.1) is 10.7 Å². The Labute approximate surface area is 162 Å². The molecule has 140 valence electrons. The van der Waals surface area contributed by atoms with Gasteiger partial charge in [-0.05, 0) is 33.8 Å². The first-order valence-electron chi connectivity index (χ1n) is 8.82. The highest BCUT2D eigenvalue weighted by molar-refractivity contribution is 7.14. The Balaban J connectivity index is 1.76. The number of thiazole rings is 1. The first-order chi connectivity index (χ1) is 12.9. The normalized spacial score (nSPS) is 10.8. The van der Waals surface area contributed by atoms with E-state index in [1.807, 2.05) is 64.1 Å². The van der Waals surface area contributed by atoms with E-state index in [2.05, 4.69) is 9.55 Å². The second kappa shape index (κ2) is 7.88. The first-order valence-corrected chi connectivity index (χ1v) is 9.64.